The van der Waals surface area contributed by atoms with E-state index in [0.29, 0.717) is 17.0 Å². The number of benzene rings is 2. The summed E-state index contributed by atoms with van der Waals surface area (Å²) in [5, 5.41) is -0.0525. The van der Waals surface area contributed by atoms with Crippen LogP contribution in [0.25, 0.3) is 11.1 Å². The quantitative estimate of drug-likeness (QED) is 0.709. The SMILES string of the molecule is COc1ccc(OC)c(NS(=O)(=O)c2cc3oc(=O)n(C)c3cc2Cl)c1. The van der Waals surface area contributed by atoms with Gasteiger partial charge in [-0.1, -0.05) is 11.6 Å². The number of aryl methyl sites for hydroxylation is 1. The fraction of sp³-hybridized carbons (Fsp3) is 0.188. The van der Waals surface area contributed by atoms with Gasteiger partial charge < -0.3 is 13.9 Å². The van der Waals surface area contributed by atoms with Crippen molar-refractivity contribution in [1.29, 1.82) is 0 Å². The lowest BCUT2D eigenvalue weighted by Gasteiger charge is -2.14. The summed E-state index contributed by atoms with van der Waals surface area (Å²) < 4.78 is 44.6. The minimum Gasteiger partial charge on any atom is -0.497 e. The number of ether oxygens (including phenoxy) is 2. The van der Waals surface area contributed by atoms with Crippen LogP contribution >= 0.6 is 11.6 Å². The Morgan fingerprint density at radius 3 is 2.54 bits per heavy atom. The highest BCUT2D eigenvalue weighted by Gasteiger charge is 2.23. The Kier molecular flexibility index (Phi) is 4.59. The summed E-state index contributed by atoms with van der Waals surface area (Å²) in [4.78, 5) is 11.4. The monoisotopic (exact) mass is 398 g/mol. The fourth-order valence-corrected chi connectivity index (χ4v) is 4.03. The van der Waals surface area contributed by atoms with E-state index in [2.05, 4.69) is 4.72 Å². The van der Waals surface area contributed by atoms with Crippen LogP contribution in [0.2, 0.25) is 5.02 Å². The van der Waals surface area contributed by atoms with Crippen molar-refractivity contribution in [2.24, 2.45) is 7.05 Å². The molecule has 0 aliphatic heterocycles. The first-order valence-corrected chi connectivity index (χ1v) is 9.17. The summed E-state index contributed by atoms with van der Waals surface area (Å²) >= 11 is 6.14. The van der Waals surface area contributed by atoms with Gasteiger partial charge in [0.1, 0.15) is 16.4 Å². The third kappa shape index (κ3) is 3.11. The van der Waals surface area contributed by atoms with Crippen molar-refractivity contribution >= 4 is 38.4 Å². The van der Waals surface area contributed by atoms with Gasteiger partial charge in [0.25, 0.3) is 10.0 Å². The van der Waals surface area contributed by atoms with E-state index in [1.165, 1.54) is 44.0 Å². The second kappa shape index (κ2) is 6.58. The lowest BCUT2D eigenvalue weighted by Crippen LogP contribution is -2.14. The lowest BCUT2D eigenvalue weighted by molar-refractivity contribution is 0.405. The van der Waals surface area contributed by atoms with Gasteiger partial charge in [0.05, 0.1) is 30.4 Å². The Bertz CT molecular complexity index is 1150. The third-order valence-corrected chi connectivity index (χ3v) is 5.62. The lowest BCUT2D eigenvalue weighted by atomic mass is 10.3. The summed E-state index contributed by atoms with van der Waals surface area (Å²) in [6.07, 6.45) is 0. The molecule has 0 amide bonds. The Balaban J connectivity index is 2.10. The van der Waals surface area contributed by atoms with Crippen LogP contribution in [0.3, 0.4) is 0 Å². The highest BCUT2D eigenvalue weighted by atomic mass is 35.5. The predicted octanol–water partition coefficient (Wildman–Crippen LogP) is 2.60. The number of hydrogen-bond acceptors (Lipinski definition) is 6. The molecule has 1 N–H and O–H groups in total. The highest BCUT2D eigenvalue weighted by molar-refractivity contribution is 7.92. The Labute approximate surface area is 153 Å². The summed E-state index contributed by atoms with van der Waals surface area (Å²) in [7, 11) is 0.287. The number of fused-ring (bicyclic) bond motifs is 1. The number of aromatic nitrogens is 1. The first kappa shape index (κ1) is 18.2. The molecule has 26 heavy (non-hydrogen) atoms. The Hall–Kier alpha value is -2.65. The van der Waals surface area contributed by atoms with Gasteiger partial charge in [0.15, 0.2) is 5.58 Å². The van der Waals surface area contributed by atoms with Gasteiger partial charge in [-0.3, -0.25) is 9.29 Å². The van der Waals surface area contributed by atoms with Gasteiger partial charge in [-0.15, -0.1) is 0 Å². The van der Waals surface area contributed by atoms with Gasteiger partial charge in [-0.25, -0.2) is 13.2 Å². The summed E-state index contributed by atoms with van der Waals surface area (Å²) in [5.74, 6) is 0.130. The first-order chi connectivity index (χ1) is 12.3. The number of hydrogen-bond donors (Lipinski definition) is 1. The normalized spacial score (nSPS) is 11.5. The number of nitrogens with one attached hydrogen (secondary N) is 1. The standard InChI is InChI=1S/C16H15ClN2O6S/c1-19-12-7-10(17)15(8-14(12)25-16(19)20)26(21,22)18-11-6-9(23-2)4-5-13(11)24-3/h4-8,18H,1-3H3. The van der Waals surface area contributed by atoms with Crippen molar-refractivity contribution in [3.63, 3.8) is 0 Å². The number of anilines is 1. The molecule has 0 atom stereocenters. The Morgan fingerprint density at radius 2 is 1.88 bits per heavy atom. The van der Waals surface area contributed by atoms with Gasteiger partial charge in [0.2, 0.25) is 0 Å². The number of halogens is 1. The van der Waals surface area contributed by atoms with Gasteiger partial charge >= 0.3 is 5.76 Å². The van der Waals surface area contributed by atoms with Crippen LogP contribution in [0.5, 0.6) is 11.5 Å². The van der Waals surface area contributed by atoms with E-state index in [4.69, 9.17) is 25.5 Å². The van der Waals surface area contributed by atoms with Crippen molar-refractivity contribution in [2.45, 2.75) is 4.90 Å². The molecule has 0 saturated heterocycles. The zero-order valence-electron chi connectivity index (χ0n) is 14.1. The minimum atomic E-state index is -4.09. The molecule has 0 spiro atoms. The second-order valence-corrected chi connectivity index (χ2v) is 7.41. The van der Waals surface area contributed by atoms with Crippen molar-refractivity contribution < 1.29 is 22.3 Å². The van der Waals surface area contributed by atoms with Crippen LogP contribution < -0.4 is 20.0 Å². The van der Waals surface area contributed by atoms with Crippen LogP contribution in [0, 0.1) is 0 Å². The molecule has 0 bridgehead atoms. The number of sulfonamides is 1. The zero-order valence-corrected chi connectivity index (χ0v) is 15.6. The maximum Gasteiger partial charge on any atom is 0.419 e. The first-order valence-electron chi connectivity index (χ1n) is 7.30. The molecule has 1 heterocycles. The largest absolute Gasteiger partial charge is 0.497 e. The molecule has 3 aromatic rings. The smallest absolute Gasteiger partial charge is 0.419 e. The molecule has 3 rings (SSSR count). The molecule has 0 fully saturated rings. The van der Waals surface area contributed by atoms with Gasteiger partial charge in [-0.2, -0.15) is 0 Å². The van der Waals surface area contributed by atoms with Crippen molar-refractivity contribution in [1.82, 2.24) is 4.57 Å². The molecule has 0 aliphatic carbocycles. The van der Waals surface area contributed by atoms with E-state index in [-0.39, 0.29) is 21.2 Å². The summed E-state index contributed by atoms with van der Waals surface area (Å²) in [6.45, 7) is 0. The molecule has 0 unspecified atom stereocenters. The maximum absolute atomic E-state index is 12.8. The molecule has 0 saturated carbocycles. The average Bonchev–Trinajstić information content (AvgIpc) is 2.88. The molecule has 0 aliphatic rings. The molecule has 138 valence electrons. The average molecular weight is 399 g/mol. The number of methoxy groups -OCH3 is 2. The molecule has 10 heteroatoms. The molecule has 0 radical (unpaired) electrons. The fourth-order valence-electron chi connectivity index (χ4n) is 2.43. The summed E-state index contributed by atoms with van der Waals surface area (Å²) in [5.41, 5.74) is 0.676. The van der Waals surface area contributed by atoms with E-state index in [1.807, 2.05) is 0 Å². The van der Waals surface area contributed by atoms with Crippen LogP contribution in [0.4, 0.5) is 5.69 Å². The van der Waals surface area contributed by atoms with Crippen molar-refractivity contribution in [3.05, 3.63) is 45.9 Å². The van der Waals surface area contributed by atoms with Crippen molar-refractivity contribution in [3.8, 4) is 11.5 Å². The van der Waals surface area contributed by atoms with E-state index in [0.717, 1.165) is 0 Å². The Morgan fingerprint density at radius 1 is 1.15 bits per heavy atom. The number of rotatable bonds is 5. The van der Waals surface area contributed by atoms with Gasteiger partial charge in [0, 0.05) is 19.2 Å². The molecule has 1 aromatic heterocycles. The van der Waals surface area contributed by atoms with Crippen LogP contribution in [0.1, 0.15) is 0 Å². The third-order valence-electron chi connectivity index (χ3n) is 3.79. The van der Waals surface area contributed by atoms with Crippen LogP contribution in [-0.2, 0) is 17.1 Å². The highest BCUT2D eigenvalue weighted by Crippen LogP contribution is 2.33. The van der Waals surface area contributed by atoms with Gasteiger partial charge in [-0.05, 0) is 18.2 Å². The van der Waals surface area contributed by atoms with E-state index in [1.54, 1.807) is 12.1 Å². The topological polar surface area (TPSA) is 99.8 Å². The molecular formula is C16H15ClN2O6S. The maximum atomic E-state index is 12.8. The molecule has 2 aromatic carbocycles. The molecular weight excluding hydrogens is 384 g/mol. The predicted molar refractivity (Wildman–Crippen MR) is 96.8 cm³/mol. The van der Waals surface area contributed by atoms with E-state index in [9.17, 15) is 13.2 Å². The van der Waals surface area contributed by atoms with Crippen LogP contribution in [-0.4, -0.2) is 27.2 Å². The van der Waals surface area contributed by atoms with E-state index < -0.39 is 15.8 Å². The minimum absolute atomic E-state index is 0.0525. The second-order valence-electron chi connectivity index (χ2n) is 5.35. The summed E-state index contributed by atoms with van der Waals surface area (Å²) in [6, 6.07) is 7.24. The number of oxazole rings is 1. The van der Waals surface area contributed by atoms with E-state index >= 15 is 0 Å². The van der Waals surface area contributed by atoms with Crippen LogP contribution in [0.15, 0.2) is 44.4 Å². The molecule has 8 nitrogen and oxygen atoms in total. The zero-order chi connectivity index (χ0) is 19.1. The number of nitrogens with zero attached hydrogens (tertiary/aromatic N) is 1. The van der Waals surface area contributed by atoms with Crippen molar-refractivity contribution in [2.75, 3.05) is 18.9 Å².